The number of rotatable bonds is 8. The standard InChI is InChI=1S/C31H29N3O5S/c1-5-38-30(36)22-8-6-9-25(17-22)34-20(2)16-23(21(34)3)18-28-29(35)33(19-27-10-7-15-39-27)31(40-28)32-24-11-13-26(37-4)14-12-24/h6-18H,5,19H2,1-4H3/b28-18-,32-31?. The van der Waals surface area contributed by atoms with Crippen molar-refractivity contribution >= 4 is 40.6 Å². The van der Waals surface area contributed by atoms with Crippen LogP contribution in [-0.2, 0) is 16.1 Å². The number of benzene rings is 2. The maximum absolute atomic E-state index is 13.6. The largest absolute Gasteiger partial charge is 0.497 e. The molecule has 0 unspecified atom stereocenters. The lowest BCUT2D eigenvalue weighted by Gasteiger charge is -2.14. The lowest BCUT2D eigenvalue weighted by molar-refractivity contribution is -0.122. The molecule has 0 radical (unpaired) electrons. The summed E-state index contributed by atoms with van der Waals surface area (Å²) in [5.41, 5.74) is 4.86. The summed E-state index contributed by atoms with van der Waals surface area (Å²) in [6, 6.07) is 20.4. The normalized spacial score (nSPS) is 15.3. The number of esters is 1. The molecule has 204 valence electrons. The maximum atomic E-state index is 13.6. The number of nitrogens with zero attached hydrogens (tertiary/aromatic N) is 3. The molecule has 4 aromatic rings. The second-order valence-corrected chi connectivity index (χ2v) is 10.1. The predicted molar refractivity (Wildman–Crippen MR) is 156 cm³/mol. The van der Waals surface area contributed by atoms with Gasteiger partial charge in [0.1, 0.15) is 11.5 Å². The second kappa shape index (κ2) is 11.7. The highest BCUT2D eigenvalue weighted by Gasteiger charge is 2.34. The molecule has 0 saturated carbocycles. The number of aromatic nitrogens is 1. The Balaban J connectivity index is 1.49. The molecule has 2 aromatic carbocycles. The first-order chi connectivity index (χ1) is 19.4. The summed E-state index contributed by atoms with van der Waals surface area (Å²) in [6.45, 7) is 6.36. The van der Waals surface area contributed by atoms with Crippen molar-refractivity contribution in [2.24, 2.45) is 4.99 Å². The van der Waals surface area contributed by atoms with Gasteiger partial charge >= 0.3 is 5.97 Å². The Bertz CT molecular complexity index is 1600. The highest BCUT2D eigenvalue weighted by molar-refractivity contribution is 8.18. The molecule has 1 aliphatic heterocycles. The van der Waals surface area contributed by atoms with E-state index in [9.17, 15) is 9.59 Å². The summed E-state index contributed by atoms with van der Waals surface area (Å²) in [5, 5.41) is 0.564. The Kier molecular flexibility index (Phi) is 7.93. The van der Waals surface area contributed by atoms with E-state index in [4.69, 9.17) is 18.9 Å². The molecular formula is C31H29N3O5S. The fraction of sp³-hybridized carbons (Fsp3) is 0.194. The smallest absolute Gasteiger partial charge is 0.338 e. The summed E-state index contributed by atoms with van der Waals surface area (Å²) in [5.74, 6) is 0.887. The molecule has 8 nitrogen and oxygen atoms in total. The molecule has 1 aliphatic rings. The molecule has 3 heterocycles. The van der Waals surface area contributed by atoms with E-state index in [0.717, 1.165) is 28.4 Å². The molecule has 0 atom stereocenters. The topological polar surface area (TPSA) is 86.3 Å². The van der Waals surface area contributed by atoms with Crippen molar-refractivity contribution in [3.8, 4) is 11.4 Å². The van der Waals surface area contributed by atoms with Crippen LogP contribution in [0.25, 0.3) is 11.8 Å². The van der Waals surface area contributed by atoms with E-state index >= 15 is 0 Å². The number of hydrogen-bond donors (Lipinski definition) is 0. The highest BCUT2D eigenvalue weighted by Crippen LogP contribution is 2.36. The Morgan fingerprint density at radius 1 is 1.07 bits per heavy atom. The lowest BCUT2D eigenvalue weighted by atomic mass is 10.2. The second-order valence-electron chi connectivity index (χ2n) is 9.11. The van der Waals surface area contributed by atoms with Crippen LogP contribution >= 0.6 is 11.8 Å². The monoisotopic (exact) mass is 555 g/mol. The zero-order valence-corrected chi connectivity index (χ0v) is 23.5. The molecule has 40 heavy (non-hydrogen) atoms. The number of ether oxygens (including phenoxy) is 2. The van der Waals surface area contributed by atoms with Crippen LogP contribution < -0.4 is 4.74 Å². The van der Waals surface area contributed by atoms with Crippen LogP contribution in [0, 0.1) is 13.8 Å². The summed E-state index contributed by atoms with van der Waals surface area (Å²) in [6.07, 6.45) is 3.48. The number of hydrogen-bond acceptors (Lipinski definition) is 7. The van der Waals surface area contributed by atoms with E-state index in [1.807, 2.05) is 74.5 Å². The van der Waals surface area contributed by atoms with Crippen LogP contribution in [0.3, 0.4) is 0 Å². The van der Waals surface area contributed by atoms with Crippen LogP contribution in [0.5, 0.6) is 5.75 Å². The van der Waals surface area contributed by atoms with Crippen molar-refractivity contribution in [3.63, 3.8) is 0 Å². The molecular weight excluding hydrogens is 526 g/mol. The van der Waals surface area contributed by atoms with Gasteiger partial charge in [0.2, 0.25) is 0 Å². The van der Waals surface area contributed by atoms with Crippen LogP contribution in [-0.4, -0.2) is 40.2 Å². The number of aryl methyl sites for hydroxylation is 1. The molecule has 9 heteroatoms. The predicted octanol–water partition coefficient (Wildman–Crippen LogP) is 6.68. The van der Waals surface area contributed by atoms with Crippen molar-refractivity contribution in [2.75, 3.05) is 13.7 Å². The average Bonchev–Trinajstić information content (AvgIpc) is 3.65. The van der Waals surface area contributed by atoms with Crippen LogP contribution in [0.4, 0.5) is 5.69 Å². The number of furan rings is 1. The number of amides is 1. The van der Waals surface area contributed by atoms with E-state index in [1.54, 1.807) is 37.3 Å². The van der Waals surface area contributed by atoms with Crippen LogP contribution in [0.1, 0.15) is 40.0 Å². The summed E-state index contributed by atoms with van der Waals surface area (Å²) < 4.78 is 18.0. The zero-order chi connectivity index (χ0) is 28.2. The minimum absolute atomic E-state index is 0.150. The molecule has 0 N–H and O–H groups in total. The number of amidine groups is 1. The zero-order valence-electron chi connectivity index (χ0n) is 22.7. The molecule has 0 aliphatic carbocycles. The van der Waals surface area contributed by atoms with Crippen molar-refractivity contribution < 1.29 is 23.5 Å². The van der Waals surface area contributed by atoms with E-state index in [-0.39, 0.29) is 18.4 Å². The first-order valence-corrected chi connectivity index (χ1v) is 13.6. The van der Waals surface area contributed by atoms with Gasteiger partial charge in [-0.2, -0.15) is 0 Å². The molecule has 5 rings (SSSR count). The van der Waals surface area contributed by atoms with Gasteiger partial charge in [-0.25, -0.2) is 9.79 Å². The van der Waals surface area contributed by atoms with Gasteiger partial charge in [0, 0.05) is 17.1 Å². The Morgan fingerprint density at radius 2 is 1.88 bits per heavy atom. The fourth-order valence-electron chi connectivity index (χ4n) is 4.52. The van der Waals surface area contributed by atoms with Gasteiger partial charge in [-0.15, -0.1) is 0 Å². The summed E-state index contributed by atoms with van der Waals surface area (Å²) in [7, 11) is 1.61. The van der Waals surface area contributed by atoms with Gasteiger partial charge < -0.3 is 18.5 Å². The van der Waals surface area contributed by atoms with Crippen molar-refractivity contribution in [2.45, 2.75) is 27.3 Å². The number of carbonyl (C=O) groups is 2. The number of aliphatic imine (C=N–C) groups is 1. The minimum atomic E-state index is -0.359. The minimum Gasteiger partial charge on any atom is -0.497 e. The highest BCUT2D eigenvalue weighted by atomic mass is 32.2. The molecule has 2 aromatic heterocycles. The SMILES string of the molecule is CCOC(=O)c1cccc(-n2c(C)cc(/C=C3\SC(=Nc4ccc(OC)cc4)N(Cc4ccco4)C3=O)c2C)c1. The van der Waals surface area contributed by atoms with Gasteiger partial charge in [0.25, 0.3) is 5.91 Å². The average molecular weight is 556 g/mol. The van der Waals surface area contributed by atoms with E-state index in [2.05, 4.69) is 4.57 Å². The van der Waals surface area contributed by atoms with Gasteiger partial charge in [-0.05, 0) is 105 Å². The Morgan fingerprint density at radius 3 is 2.58 bits per heavy atom. The van der Waals surface area contributed by atoms with Crippen LogP contribution in [0.15, 0.2) is 87.3 Å². The number of carbonyl (C=O) groups excluding carboxylic acids is 2. The summed E-state index contributed by atoms with van der Waals surface area (Å²) >= 11 is 1.32. The molecule has 1 saturated heterocycles. The van der Waals surface area contributed by atoms with E-state index in [0.29, 0.717) is 33.7 Å². The number of thioether (sulfide) groups is 1. The third kappa shape index (κ3) is 5.60. The van der Waals surface area contributed by atoms with Crippen LogP contribution in [0.2, 0.25) is 0 Å². The van der Waals surface area contributed by atoms with E-state index in [1.165, 1.54) is 11.8 Å². The first kappa shape index (κ1) is 27.1. The van der Waals surface area contributed by atoms with Crippen molar-refractivity contribution in [1.82, 2.24) is 9.47 Å². The molecule has 0 bridgehead atoms. The Hall–Kier alpha value is -4.50. The summed E-state index contributed by atoms with van der Waals surface area (Å²) in [4.78, 5) is 32.9. The Labute approximate surface area is 236 Å². The van der Waals surface area contributed by atoms with Gasteiger partial charge in [-0.3, -0.25) is 9.69 Å². The molecule has 0 spiro atoms. The first-order valence-electron chi connectivity index (χ1n) is 12.8. The third-order valence-corrected chi connectivity index (χ3v) is 7.46. The fourth-order valence-corrected chi connectivity index (χ4v) is 5.50. The van der Waals surface area contributed by atoms with E-state index < -0.39 is 0 Å². The van der Waals surface area contributed by atoms with Gasteiger partial charge in [-0.1, -0.05) is 6.07 Å². The van der Waals surface area contributed by atoms with Gasteiger partial charge in [0.05, 0.1) is 42.7 Å². The van der Waals surface area contributed by atoms with Gasteiger partial charge in [0.15, 0.2) is 5.17 Å². The third-order valence-electron chi connectivity index (χ3n) is 6.45. The molecule has 1 amide bonds. The lowest BCUT2D eigenvalue weighted by Crippen LogP contribution is -2.28. The van der Waals surface area contributed by atoms with Crippen molar-refractivity contribution in [3.05, 3.63) is 106 Å². The number of methoxy groups -OCH3 is 1. The quantitative estimate of drug-likeness (QED) is 0.178. The molecule has 1 fully saturated rings. The maximum Gasteiger partial charge on any atom is 0.338 e. The van der Waals surface area contributed by atoms with Crippen molar-refractivity contribution in [1.29, 1.82) is 0 Å².